The lowest BCUT2D eigenvalue weighted by Gasteiger charge is -2.13. The third-order valence-electron chi connectivity index (χ3n) is 5.69. The topological polar surface area (TPSA) is 90.9 Å². The highest BCUT2D eigenvalue weighted by molar-refractivity contribution is 5.92. The standard InChI is InChI=1S/C25H27N5O3/c1-5-28-14-21-23(27-28)24(32)30(13-19-9-6-16(2)7-10-19)25(33)29(21)15-22(31)26-20-11-8-17(3)12-18(20)4/h6-12,14H,5,13,15H2,1-4H3,(H,26,31). The Kier molecular flexibility index (Phi) is 6.00. The fourth-order valence-corrected chi connectivity index (χ4v) is 3.84. The van der Waals surface area contributed by atoms with Crippen molar-refractivity contribution in [2.45, 2.75) is 47.3 Å². The van der Waals surface area contributed by atoms with E-state index in [9.17, 15) is 14.4 Å². The average Bonchev–Trinajstić information content (AvgIpc) is 3.22. The highest BCUT2D eigenvalue weighted by Crippen LogP contribution is 2.16. The van der Waals surface area contributed by atoms with E-state index in [1.165, 1.54) is 4.57 Å². The van der Waals surface area contributed by atoms with Gasteiger partial charge < -0.3 is 5.32 Å². The van der Waals surface area contributed by atoms with Gasteiger partial charge in [-0.25, -0.2) is 4.79 Å². The van der Waals surface area contributed by atoms with Crippen LogP contribution in [0.25, 0.3) is 11.0 Å². The van der Waals surface area contributed by atoms with E-state index in [4.69, 9.17) is 0 Å². The second kappa shape index (κ2) is 8.90. The summed E-state index contributed by atoms with van der Waals surface area (Å²) in [5, 5.41) is 7.23. The Morgan fingerprint density at radius 1 is 0.970 bits per heavy atom. The van der Waals surface area contributed by atoms with Crippen LogP contribution in [0.1, 0.15) is 29.2 Å². The van der Waals surface area contributed by atoms with Gasteiger partial charge in [0.05, 0.1) is 12.1 Å². The minimum Gasteiger partial charge on any atom is -0.324 e. The van der Waals surface area contributed by atoms with Crippen LogP contribution in [0.15, 0.2) is 58.3 Å². The highest BCUT2D eigenvalue weighted by Gasteiger charge is 2.19. The van der Waals surface area contributed by atoms with E-state index in [1.807, 2.05) is 70.2 Å². The van der Waals surface area contributed by atoms with Crippen LogP contribution < -0.4 is 16.6 Å². The van der Waals surface area contributed by atoms with E-state index in [1.54, 1.807) is 10.9 Å². The Bertz CT molecular complexity index is 1460. The zero-order valence-corrected chi connectivity index (χ0v) is 19.3. The molecule has 1 amide bonds. The first-order valence-corrected chi connectivity index (χ1v) is 10.9. The molecule has 4 aromatic rings. The van der Waals surface area contributed by atoms with Crippen molar-refractivity contribution in [3.63, 3.8) is 0 Å². The number of anilines is 1. The molecule has 0 saturated carbocycles. The number of rotatable bonds is 6. The third kappa shape index (κ3) is 4.50. The van der Waals surface area contributed by atoms with Crippen LogP contribution in [0.5, 0.6) is 0 Å². The summed E-state index contributed by atoms with van der Waals surface area (Å²) in [6, 6.07) is 13.4. The number of aryl methyl sites for hydroxylation is 4. The van der Waals surface area contributed by atoms with Crippen LogP contribution in [0.3, 0.4) is 0 Å². The SMILES string of the molecule is CCn1cc2c(n1)c(=O)n(Cc1ccc(C)cc1)c(=O)n2CC(=O)Nc1ccc(C)cc1C. The number of aromatic nitrogens is 4. The highest BCUT2D eigenvalue weighted by atomic mass is 16.2. The molecule has 0 aliphatic heterocycles. The van der Waals surface area contributed by atoms with Gasteiger partial charge in [0.1, 0.15) is 6.54 Å². The molecule has 0 aliphatic rings. The lowest BCUT2D eigenvalue weighted by atomic mass is 10.1. The summed E-state index contributed by atoms with van der Waals surface area (Å²) >= 11 is 0. The second-order valence-electron chi connectivity index (χ2n) is 8.33. The van der Waals surface area contributed by atoms with Gasteiger partial charge in [-0.15, -0.1) is 0 Å². The van der Waals surface area contributed by atoms with E-state index in [2.05, 4.69) is 10.4 Å². The molecule has 1 N–H and O–H groups in total. The summed E-state index contributed by atoms with van der Waals surface area (Å²) in [5.41, 5.74) is 4.14. The maximum absolute atomic E-state index is 13.4. The van der Waals surface area contributed by atoms with Gasteiger partial charge in [-0.2, -0.15) is 5.10 Å². The number of nitrogens with one attached hydrogen (secondary N) is 1. The Morgan fingerprint density at radius 3 is 2.33 bits per heavy atom. The molecular weight excluding hydrogens is 418 g/mol. The lowest BCUT2D eigenvalue weighted by Crippen LogP contribution is -2.41. The number of hydrogen-bond donors (Lipinski definition) is 1. The Balaban J connectivity index is 1.76. The van der Waals surface area contributed by atoms with Crippen LogP contribution >= 0.6 is 0 Å². The normalized spacial score (nSPS) is 11.2. The summed E-state index contributed by atoms with van der Waals surface area (Å²) in [7, 11) is 0. The number of nitrogens with zero attached hydrogens (tertiary/aromatic N) is 4. The fourth-order valence-electron chi connectivity index (χ4n) is 3.84. The van der Waals surface area contributed by atoms with E-state index >= 15 is 0 Å². The maximum atomic E-state index is 13.4. The first kappa shape index (κ1) is 22.3. The van der Waals surface area contributed by atoms with Crippen LogP contribution in [-0.2, 0) is 24.4 Å². The number of fused-ring (bicyclic) bond motifs is 1. The molecule has 0 radical (unpaired) electrons. The van der Waals surface area contributed by atoms with Crippen molar-refractivity contribution >= 4 is 22.6 Å². The molecule has 8 heteroatoms. The Morgan fingerprint density at radius 2 is 1.67 bits per heavy atom. The Labute approximate surface area is 191 Å². The van der Waals surface area contributed by atoms with Crippen LogP contribution in [-0.4, -0.2) is 24.8 Å². The lowest BCUT2D eigenvalue weighted by molar-refractivity contribution is -0.116. The minimum absolute atomic E-state index is 0.103. The van der Waals surface area contributed by atoms with Crippen molar-refractivity contribution < 1.29 is 4.79 Å². The van der Waals surface area contributed by atoms with Crippen molar-refractivity contribution in [3.8, 4) is 0 Å². The van der Waals surface area contributed by atoms with Crippen molar-refractivity contribution in [1.29, 1.82) is 0 Å². The van der Waals surface area contributed by atoms with Crippen LogP contribution in [0.4, 0.5) is 5.69 Å². The minimum atomic E-state index is -0.542. The number of carbonyl (C=O) groups excluding carboxylic acids is 1. The predicted molar refractivity (Wildman–Crippen MR) is 129 cm³/mol. The molecule has 0 aliphatic carbocycles. The van der Waals surface area contributed by atoms with Crippen LogP contribution in [0, 0.1) is 20.8 Å². The summed E-state index contributed by atoms with van der Waals surface area (Å²) in [6.45, 7) is 8.18. The molecule has 0 unspecified atom stereocenters. The van der Waals surface area contributed by atoms with E-state index in [0.29, 0.717) is 17.7 Å². The molecule has 33 heavy (non-hydrogen) atoms. The average molecular weight is 446 g/mol. The second-order valence-corrected chi connectivity index (χ2v) is 8.33. The molecule has 4 rings (SSSR count). The fraction of sp³-hybridized carbons (Fsp3) is 0.280. The van der Waals surface area contributed by atoms with Gasteiger partial charge in [-0.3, -0.25) is 23.4 Å². The summed E-state index contributed by atoms with van der Waals surface area (Å²) in [4.78, 5) is 39.4. The quantitative estimate of drug-likeness (QED) is 0.494. The zero-order chi connectivity index (χ0) is 23.7. The summed E-state index contributed by atoms with van der Waals surface area (Å²) in [5.74, 6) is -0.352. The van der Waals surface area contributed by atoms with Gasteiger partial charge in [-0.05, 0) is 44.9 Å². The first-order chi connectivity index (χ1) is 15.8. The number of amides is 1. The monoisotopic (exact) mass is 445 g/mol. The Hall–Kier alpha value is -3.94. The third-order valence-corrected chi connectivity index (χ3v) is 5.69. The zero-order valence-electron chi connectivity index (χ0n) is 19.3. The van der Waals surface area contributed by atoms with Crippen molar-refractivity contribution in [2.24, 2.45) is 0 Å². The van der Waals surface area contributed by atoms with Gasteiger partial charge in [-0.1, -0.05) is 47.5 Å². The molecule has 170 valence electrons. The number of carbonyl (C=O) groups is 1. The first-order valence-electron chi connectivity index (χ1n) is 10.9. The summed E-state index contributed by atoms with van der Waals surface area (Å²) < 4.78 is 4.06. The molecule has 0 spiro atoms. The number of benzene rings is 2. The van der Waals surface area contributed by atoms with Crippen molar-refractivity contribution in [1.82, 2.24) is 18.9 Å². The van der Waals surface area contributed by atoms with E-state index < -0.39 is 11.2 Å². The largest absolute Gasteiger partial charge is 0.332 e. The van der Waals surface area contributed by atoms with Gasteiger partial charge in [0.25, 0.3) is 5.56 Å². The van der Waals surface area contributed by atoms with Gasteiger partial charge >= 0.3 is 5.69 Å². The predicted octanol–water partition coefficient (Wildman–Crippen LogP) is 2.99. The van der Waals surface area contributed by atoms with Crippen molar-refractivity contribution in [2.75, 3.05) is 5.32 Å². The smallest absolute Gasteiger partial charge is 0.324 e. The van der Waals surface area contributed by atoms with Gasteiger partial charge in [0.15, 0.2) is 5.52 Å². The summed E-state index contributed by atoms with van der Waals surface area (Å²) in [6.07, 6.45) is 1.64. The molecule has 0 atom stereocenters. The molecule has 2 aromatic heterocycles. The maximum Gasteiger partial charge on any atom is 0.332 e. The van der Waals surface area contributed by atoms with Crippen molar-refractivity contribution in [3.05, 3.63) is 91.8 Å². The molecule has 0 bridgehead atoms. The van der Waals surface area contributed by atoms with Crippen LogP contribution in [0.2, 0.25) is 0 Å². The number of hydrogen-bond acceptors (Lipinski definition) is 4. The molecule has 0 fully saturated rings. The molecule has 0 saturated heterocycles. The molecule has 2 heterocycles. The molecular formula is C25H27N5O3. The van der Waals surface area contributed by atoms with Gasteiger partial charge in [0, 0.05) is 18.4 Å². The molecule has 2 aromatic carbocycles. The molecule has 8 nitrogen and oxygen atoms in total. The van der Waals surface area contributed by atoms with E-state index in [0.717, 1.165) is 26.8 Å². The van der Waals surface area contributed by atoms with Gasteiger partial charge in [0.2, 0.25) is 5.91 Å². The van der Waals surface area contributed by atoms with E-state index in [-0.39, 0.29) is 24.5 Å².